The van der Waals surface area contributed by atoms with Crippen molar-refractivity contribution in [1.82, 2.24) is 0 Å². The molecule has 1 heterocycles. The normalized spacial score (nSPS) is 31.1. The Labute approximate surface area is 135 Å². The molecule has 136 valence electrons. The number of aromatic hydroxyl groups is 3. The summed E-state index contributed by atoms with van der Waals surface area (Å²) < 4.78 is 39.0. The van der Waals surface area contributed by atoms with Crippen LogP contribution >= 0.6 is 0 Å². The van der Waals surface area contributed by atoms with Gasteiger partial charge in [-0.05, 0) is 0 Å². The zero-order chi connectivity index (χ0) is 18.2. The first kappa shape index (κ1) is 18.7. The predicted molar refractivity (Wildman–Crippen MR) is 74.6 cm³/mol. The van der Waals surface area contributed by atoms with Crippen LogP contribution in [0.15, 0.2) is 12.1 Å². The van der Waals surface area contributed by atoms with Gasteiger partial charge in [0.1, 0.15) is 47.8 Å². The summed E-state index contributed by atoms with van der Waals surface area (Å²) in [6.45, 7) is -0.903. The second-order valence-electron chi connectivity index (χ2n) is 5.18. The fraction of sp³-hybridized carbons (Fsp3) is 0.500. The van der Waals surface area contributed by atoms with E-state index in [1.165, 1.54) is 0 Å². The zero-order valence-corrected chi connectivity index (χ0v) is 12.7. The number of ether oxygens (including phenoxy) is 1. The Balaban J connectivity index is 2.33. The number of phenolic OH excluding ortho intramolecular Hbond substituents is 3. The molecule has 11 nitrogen and oxygen atoms in total. The van der Waals surface area contributed by atoms with Crippen LogP contribution in [0.1, 0.15) is 11.7 Å². The first-order chi connectivity index (χ1) is 11.0. The van der Waals surface area contributed by atoms with Gasteiger partial charge in [0.05, 0.1) is 12.2 Å². The summed E-state index contributed by atoms with van der Waals surface area (Å²) in [7, 11) is -4.85. The molecule has 1 aliphatic rings. The van der Waals surface area contributed by atoms with Gasteiger partial charge in [0, 0.05) is 12.1 Å². The molecule has 0 bridgehead atoms. The van der Waals surface area contributed by atoms with Crippen molar-refractivity contribution in [3.8, 4) is 17.2 Å². The van der Waals surface area contributed by atoms with Crippen LogP contribution in [-0.2, 0) is 19.3 Å². The molecule has 2 rings (SSSR count). The van der Waals surface area contributed by atoms with Crippen LogP contribution in [0.2, 0.25) is 0 Å². The van der Waals surface area contributed by atoms with E-state index >= 15 is 0 Å². The second-order valence-corrected chi connectivity index (χ2v) is 6.27. The Kier molecular flexibility index (Phi) is 5.19. The van der Waals surface area contributed by atoms with Crippen LogP contribution in [0, 0.1) is 0 Å². The van der Waals surface area contributed by atoms with E-state index in [9.17, 15) is 39.1 Å². The standard InChI is InChI=1S/C12H16O11S/c13-4-1-5(14)8(6(15)2-4)12-11(18)10(17)9(16)7(23-12)3-22-24(19,20)21/h1-2,7,9-18H,3H2,(H,19,20,21). The molecule has 1 aromatic carbocycles. The third kappa shape index (κ3) is 3.87. The molecule has 0 amide bonds. The van der Waals surface area contributed by atoms with E-state index < -0.39 is 70.3 Å². The molecule has 1 aliphatic heterocycles. The molecule has 12 heteroatoms. The maximum Gasteiger partial charge on any atom is 0.397 e. The maximum atomic E-state index is 10.6. The zero-order valence-electron chi connectivity index (χ0n) is 11.9. The molecular formula is C12H16O11S. The van der Waals surface area contributed by atoms with Crippen molar-refractivity contribution in [3.63, 3.8) is 0 Å². The number of hydrogen-bond donors (Lipinski definition) is 7. The summed E-state index contributed by atoms with van der Waals surface area (Å²) in [6, 6.07) is 1.68. The number of aliphatic hydroxyl groups is 3. The lowest BCUT2D eigenvalue weighted by atomic mass is 9.90. The van der Waals surface area contributed by atoms with Gasteiger partial charge in [0.2, 0.25) is 0 Å². The Morgan fingerprint density at radius 2 is 1.54 bits per heavy atom. The van der Waals surface area contributed by atoms with Gasteiger partial charge in [-0.1, -0.05) is 0 Å². The molecule has 1 aromatic rings. The molecular weight excluding hydrogens is 352 g/mol. The predicted octanol–water partition coefficient (Wildman–Crippen LogP) is -1.85. The molecule has 1 saturated heterocycles. The lowest BCUT2D eigenvalue weighted by Crippen LogP contribution is -2.55. The van der Waals surface area contributed by atoms with Crippen LogP contribution in [0.3, 0.4) is 0 Å². The number of hydrogen-bond acceptors (Lipinski definition) is 10. The van der Waals surface area contributed by atoms with Gasteiger partial charge in [-0.25, -0.2) is 4.18 Å². The van der Waals surface area contributed by atoms with E-state index in [1.54, 1.807) is 0 Å². The minimum atomic E-state index is -4.85. The van der Waals surface area contributed by atoms with Gasteiger partial charge >= 0.3 is 10.4 Å². The minimum absolute atomic E-state index is 0.400. The number of benzene rings is 1. The molecule has 0 aromatic heterocycles. The minimum Gasteiger partial charge on any atom is -0.508 e. The van der Waals surface area contributed by atoms with Crippen molar-refractivity contribution in [2.75, 3.05) is 6.61 Å². The highest BCUT2D eigenvalue weighted by atomic mass is 32.3. The quantitative estimate of drug-likeness (QED) is 0.295. The van der Waals surface area contributed by atoms with Crippen molar-refractivity contribution in [3.05, 3.63) is 17.7 Å². The van der Waals surface area contributed by atoms with E-state index in [1.807, 2.05) is 0 Å². The van der Waals surface area contributed by atoms with Crippen LogP contribution in [0.5, 0.6) is 17.2 Å². The average Bonchev–Trinajstić information content (AvgIpc) is 2.44. The van der Waals surface area contributed by atoms with E-state index in [2.05, 4.69) is 4.18 Å². The van der Waals surface area contributed by atoms with E-state index in [4.69, 9.17) is 9.29 Å². The number of aliphatic hydroxyl groups excluding tert-OH is 3. The van der Waals surface area contributed by atoms with E-state index in [-0.39, 0.29) is 0 Å². The summed E-state index contributed by atoms with van der Waals surface area (Å²) in [5, 5.41) is 58.6. The van der Waals surface area contributed by atoms with Crippen molar-refractivity contribution in [2.24, 2.45) is 0 Å². The molecule has 5 unspecified atom stereocenters. The molecule has 0 spiro atoms. The van der Waals surface area contributed by atoms with Crippen molar-refractivity contribution in [2.45, 2.75) is 30.5 Å². The maximum absolute atomic E-state index is 10.6. The summed E-state index contributed by atoms with van der Waals surface area (Å²) >= 11 is 0. The van der Waals surface area contributed by atoms with Gasteiger partial charge in [0.25, 0.3) is 0 Å². The highest BCUT2D eigenvalue weighted by molar-refractivity contribution is 7.80. The third-order valence-electron chi connectivity index (χ3n) is 3.50. The molecule has 1 fully saturated rings. The summed E-state index contributed by atoms with van der Waals surface area (Å²) in [6.07, 6.45) is -8.53. The topological polar surface area (TPSA) is 194 Å². The lowest BCUT2D eigenvalue weighted by Gasteiger charge is -2.40. The van der Waals surface area contributed by atoms with Crippen molar-refractivity contribution in [1.29, 1.82) is 0 Å². The molecule has 24 heavy (non-hydrogen) atoms. The number of rotatable bonds is 4. The van der Waals surface area contributed by atoms with Gasteiger partial charge in [0.15, 0.2) is 0 Å². The average molecular weight is 368 g/mol. The third-order valence-corrected chi connectivity index (χ3v) is 3.93. The van der Waals surface area contributed by atoms with E-state index in [0.29, 0.717) is 0 Å². The highest BCUT2D eigenvalue weighted by Gasteiger charge is 2.46. The fourth-order valence-electron chi connectivity index (χ4n) is 2.38. The molecule has 0 saturated carbocycles. The highest BCUT2D eigenvalue weighted by Crippen LogP contribution is 2.43. The van der Waals surface area contributed by atoms with Crippen LogP contribution in [0.4, 0.5) is 0 Å². The molecule has 0 aliphatic carbocycles. The second kappa shape index (κ2) is 6.68. The summed E-state index contributed by atoms with van der Waals surface area (Å²) in [4.78, 5) is 0. The van der Waals surface area contributed by atoms with Crippen LogP contribution in [-0.4, -0.2) is 74.6 Å². The van der Waals surface area contributed by atoms with Gasteiger partial charge in [-0.3, -0.25) is 4.55 Å². The van der Waals surface area contributed by atoms with Crippen molar-refractivity contribution >= 4 is 10.4 Å². The summed E-state index contributed by atoms with van der Waals surface area (Å²) in [5.74, 6) is -1.82. The first-order valence-electron chi connectivity index (χ1n) is 6.57. The van der Waals surface area contributed by atoms with Crippen molar-refractivity contribution < 1.29 is 52.5 Å². The smallest absolute Gasteiger partial charge is 0.397 e. The Bertz CT molecular complexity index is 680. The largest absolute Gasteiger partial charge is 0.508 e. The molecule has 0 radical (unpaired) electrons. The SMILES string of the molecule is O=S(=O)(O)OCC1OC(c2c(O)cc(O)cc2O)C(O)C(O)C1O. The first-order valence-corrected chi connectivity index (χ1v) is 7.94. The molecule has 7 N–H and O–H groups in total. The van der Waals surface area contributed by atoms with Crippen LogP contribution < -0.4 is 0 Å². The van der Waals surface area contributed by atoms with Gasteiger partial charge in [-0.15, -0.1) is 0 Å². The Morgan fingerprint density at radius 1 is 1.00 bits per heavy atom. The monoisotopic (exact) mass is 368 g/mol. The van der Waals surface area contributed by atoms with Gasteiger partial charge < -0.3 is 35.4 Å². The van der Waals surface area contributed by atoms with Crippen LogP contribution in [0.25, 0.3) is 0 Å². The Morgan fingerprint density at radius 3 is 2.04 bits per heavy atom. The number of phenols is 3. The van der Waals surface area contributed by atoms with E-state index in [0.717, 1.165) is 12.1 Å². The lowest BCUT2D eigenvalue weighted by molar-refractivity contribution is -0.230. The Hall–Kier alpha value is -1.67. The van der Waals surface area contributed by atoms with Gasteiger partial charge in [-0.2, -0.15) is 8.42 Å². The summed E-state index contributed by atoms with van der Waals surface area (Å²) in [5.41, 5.74) is -0.400. The molecule has 5 atom stereocenters. The fourth-order valence-corrected chi connectivity index (χ4v) is 2.69.